The van der Waals surface area contributed by atoms with Crippen molar-refractivity contribution in [1.29, 1.82) is 0 Å². The van der Waals surface area contributed by atoms with E-state index in [9.17, 15) is 9.59 Å². The Kier molecular flexibility index (Phi) is 11.2. The monoisotopic (exact) mass is 636 g/mol. The number of hydrogen-bond donors (Lipinski definition) is 2. The summed E-state index contributed by atoms with van der Waals surface area (Å²) in [5.74, 6) is 0.792. The third-order valence-electron chi connectivity index (χ3n) is 8.26. The van der Waals surface area contributed by atoms with Crippen molar-refractivity contribution >= 4 is 11.8 Å². The highest BCUT2D eigenvalue weighted by Gasteiger charge is 2.21. The molecule has 2 fully saturated rings. The molecule has 244 valence electrons. The summed E-state index contributed by atoms with van der Waals surface area (Å²) in [5, 5.41) is 3.89. The second-order valence-electron chi connectivity index (χ2n) is 11.5. The maximum atomic E-state index is 12.7. The number of carbonyl (C=O) groups is 2. The average molecular weight is 637 g/mol. The fraction of sp³-hybridized carbons (Fsp3) is 0.353. The van der Waals surface area contributed by atoms with Crippen LogP contribution in [0.3, 0.4) is 0 Å². The van der Waals surface area contributed by atoms with Crippen LogP contribution in [-0.4, -0.2) is 130 Å². The number of rotatable bonds is 12. The lowest BCUT2D eigenvalue weighted by molar-refractivity contribution is 0.0348. The van der Waals surface area contributed by atoms with Crippen LogP contribution in [0.4, 0.5) is 0 Å². The Hall–Kier alpha value is -4.66. The van der Waals surface area contributed by atoms with E-state index in [0.717, 1.165) is 76.6 Å². The molecule has 6 rings (SSSR count). The van der Waals surface area contributed by atoms with Gasteiger partial charge < -0.3 is 4.74 Å². The zero-order chi connectivity index (χ0) is 32.3. The Balaban J connectivity index is 0.809. The third kappa shape index (κ3) is 9.21. The predicted molar refractivity (Wildman–Crippen MR) is 177 cm³/mol. The van der Waals surface area contributed by atoms with Gasteiger partial charge in [0, 0.05) is 101 Å². The molecule has 2 N–H and O–H groups in total. The topological polar surface area (TPSA) is 132 Å². The Labute approximate surface area is 274 Å². The fourth-order valence-corrected chi connectivity index (χ4v) is 5.44. The Morgan fingerprint density at radius 1 is 0.553 bits per heavy atom. The van der Waals surface area contributed by atoms with Crippen molar-refractivity contribution in [2.24, 2.45) is 0 Å². The molecule has 0 saturated carbocycles. The van der Waals surface area contributed by atoms with Crippen LogP contribution >= 0.6 is 0 Å². The molecular formula is C34H40N10O3. The van der Waals surface area contributed by atoms with Crippen molar-refractivity contribution in [3.8, 4) is 22.8 Å². The van der Waals surface area contributed by atoms with Gasteiger partial charge in [0.1, 0.15) is 0 Å². The number of carbonyl (C=O) groups excluding carboxylic acids is 2. The van der Waals surface area contributed by atoms with Gasteiger partial charge in [0.2, 0.25) is 0 Å². The molecule has 0 spiro atoms. The van der Waals surface area contributed by atoms with E-state index in [1.54, 1.807) is 24.8 Å². The van der Waals surface area contributed by atoms with Gasteiger partial charge in [-0.3, -0.25) is 30.2 Å². The Morgan fingerprint density at radius 3 is 1.28 bits per heavy atom. The summed E-state index contributed by atoms with van der Waals surface area (Å²) in [6.07, 6.45) is 6.27. The first kappa shape index (κ1) is 32.3. The van der Waals surface area contributed by atoms with Crippen LogP contribution in [0.2, 0.25) is 0 Å². The second-order valence-corrected chi connectivity index (χ2v) is 11.5. The first-order chi connectivity index (χ1) is 23.1. The molecule has 4 heterocycles. The summed E-state index contributed by atoms with van der Waals surface area (Å²) in [6, 6.07) is 19.4. The Bertz CT molecular complexity index is 1440. The summed E-state index contributed by atoms with van der Waals surface area (Å²) >= 11 is 0. The number of benzene rings is 2. The van der Waals surface area contributed by atoms with E-state index >= 15 is 0 Å². The van der Waals surface area contributed by atoms with Crippen LogP contribution in [0.1, 0.15) is 20.7 Å². The van der Waals surface area contributed by atoms with Gasteiger partial charge in [-0.15, -0.1) is 0 Å². The minimum absolute atomic E-state index is 0.201. The van der Waals surface area contributed by atoms with Crippen LogP contribution < -0.4 is 10.9 Å². The first-order valence-electron chi connectivity index (χ1n) is 16.0. The maximum Gasteiger partial charge on any atom is 0.268 e. The molecule has 2 amide bonds. The highest BCUT2D eigenvalue weighted by atomic mass is 16.5. The van der Waals surface area contributed by atoms with Gasteiger partial charge in [0.25, 0.3) is 11.8 Å². The molecular weight excluding hydrogens is 596 g/mol. The molecule has 2 aliphatic heterocycles. The molecule has 0 unspecified atom stereocenters. The van der Waals surface area contributed by atoms with Crippen LogP contribution in [0.15, 0.2) is 85.5 Å². The molecule has 2 saturated heterocycles. The smallest absolute Gasteiger partial charge is 0.268 e. The molecule has 0 radical (unpaired) electrons. The SMILES string of the molecule is O=C(NN1CCN(CCOCCN2CCN(NC(=O)c3cnc(-c4ccccc4)nc3)CC2)CC1)c1cnc(-c2ccccc2)nc1. The Morgan fingerprint density at radius 2 is 0.915 bits per heavy atom. The molecule has 13 heteroatoms. The lowest BCUT2D eigenvalue weighted by Crippen LogP contribution is -2.54. The van der Waals surface area contributed by atoms with Crippen molar-refractivity contribution in [3.05, 3.63) is 96.6 Å². The van der Waals surface area contributed by atoms with E-state index in [1.807, 2.05) is 70.7 Å². The number of piperazine rings is 2. The van der Waals surface area contributed by atoms with Crippen molar-refractivity contribution in [3.63, 3.8) is 0 Å². The average Bonchev–Trinajstić information content (AvgIpc) is 3.13. The minimum Gasteiger partial charge on any atom is -0.379 e. The lowest BCUT2D eigenvalue weighted by atomic mass is 10.2. The molecule has 2 aromatic carbocycles. The van der Waals surface area contributed by atoms with Crippen LogP contribution in [-0.2, 0) is 4.74 Å². The number of nitrogens with zero attached hydrogens (tertiary/aromatic N) is 8. The maximum absolute atomic E-state index is 12.7. The van der Waals surface area contributed by atoms with Crippen molar-refractivity contribution < 1.29 is 14.3 Å². The molecule has 0 bridgehead atoms. The van der Waals surface area contributed by atoms with Gasteiger partial charge >= 0.3 is 0 Å². The molecule has 47 heavy (non-hydrogen) atoms. The van der Waals surface area contributed by atoms with Crippen LogP contribution in [0.5, 0.6) is 0 Å². The molecule has 4 aromatic rings. The third-order valence-corrected chi connectivity index (χ3v) is 8.26. The fourth-order valence-electron chi connectivity index (χ4n) is 5.44. The van der Waals surface area contributed by atoms with Crippen molar-refractivity contribution in [2.45, 2.75) is 0 Å². The zero-order valence-corrected chi connectivity index (χ0v) is 26.4. The van der Waals surface area contributed by atoms with Crippen molar-refractivity contribution in [2.75, 3.05) is 78.7 Å². The first-order valence-corrected chi connectivity index (χ1v) is 16.0. The second kappa shape index (κ2) is 16.3. The normalized spacial score (nSPS) is 16.5. The predicted octanol–water partition coefficient (Wildman–Crippen LogP) is 1.84. The van der Waals surface area contributed by atoms with Crippen LogP contribution in [0.25, 0.3) is 22.8 Å². The van der Waals surface area contributed by atoms with E-state index in [4.69, 9.17) is 4.74 Å². The lowest BCUT2D eigenvalue weighted by Gasteiger charge is -2.35. The number of aromatic nitrogens is 4. The molecule has 13 nitrogen and oxygen atoms in total. The van der Waals surface area contributed by atoms with E-state index in [0.29, 0.717) is 36.0 Å². The molecule has 0 aliphatic carbocycles. The minimum atomic E-state index is -0.201. The number of hydrazine groups is 2. The summed E-state index contributed by atoms with van der Waals surface area (Å²) < 4.78 is 5.94. The quantitative estimate of drug-likeness (QED) is 0.221. The van der Waals surface area contributed by atoms with E-state index in [1.165, 1.54) is 0 Å². The van der Waals surface area contributed by atoms with Gasteiger partial charge in [-0.05, 0) is 0 Å². The summed E-state index contributed by atoms with van der Waals surface area (Å²) in [6.45, 7) is 9.39. The number of nitrogens with one attached hydrogen (secondary N) is 2. The molecule has 2 aromatic heterocycles. The van der Waals surface area contributed by atoms with Crippen LogP contribution in [0, 0.1) is 0 Å². The van der Waals surface area contributed by atoms with Crippen molar-refractivity contribution in [1.82, 2.24) is 50.6 Å². The van der Waals surface area contributed by atoms with E-state index in [2.05, 4.69) is 40.6 Å². The van der Waals surface area contributed by atoms with Gasteiger partial charge in [-0.2, -0.15) is 0 Å². The highest BCUT2D eigenvalue weighted by Crippen LogP contribution is 2.14. The number of hydrogen-bond acceptors (Lipinski definition) is 11. The van der Waals surface area contributed by atoms with E-state index in [-0.39, 0.29) is 11.8 Å². The number of ether oxygens (including phenoxy) is 1. The van der Waals surface area contributed by atoms with Gasteiger partial charge in [-0.1, -0.05) is 60.7 Å². The van der Waals surface area contributed by atoms with E-state index < -0.39 is 0 Å². The summed E-state index contributed by atoms with van der Waals surface area (Å²) in [4.78, 5) is 47.5. The van der Waals surface area contributed by atoms with Gasteiger partial charge in [0.15, 0.2) is 11.6 Å². The highest BCUT2D eigenvalue weighted by molar-refractivity contribution is 5.93. The zero-order valence-electron chi connectivity index (χ0n) is 26.4. The largest absolute Gasteiger partial charge is 0.379 e. The molecule has 2 aliphatic rings. The molecule has 0 atom stereocenters. The summed E-state index contributed by atoms with van der Waals surface area (Å²) in [5.41, 5.74) is 8.66. The van der Waals surface area contributed by atoms with Gasteiger partial charge in [-0.25, -0.2) is 30.0 Å². The summed E-state index contributed by atoms with van der Waals surface area (Å²) in [7, 11) is 0. The standard InChI is InChI=1S/C34H40N10O3/c45-33(29-23-35-31(36-24-29)27-7-3-1-4-8-27)39-43-15-11-41(12-16-43)19-21-47-22-20-42-13-17-44(18-14-42)40-34(46)30-25-37-32(38-26-30)28-9-5-2-6-10-28/h1-10,23-26H,11-22H2,(H,39,45)(H,40,46). The number of amides is 2. The van der Waals surface area contributed by atoms with Gasteiger partial charge in [0.05, 0.1) is 24.3 Å².